The minimum atomic E-state index is -1.04. The standard InChI is InChI=1S/C25H28N6O5/c32-24(33)15-36-20-6-2-5-19(12-20)31-23-13-22(28-16-29-23)30-18-4-1-3-17(11-18)7-8-27-25(34)21-14-26-9-10-35-21/h1-6,11-13,16,21,26H,7-10,14-15H2,(H,27,34)(H,32,33)(H2,28,29,30,31). The van der Waals surface area contributed by atoms with E-state index in [4.69, 9.17) is 14.6 Å². The van der Waals surface area contributed by atoms with Crippen molar-refractivity contribution in [2.24, 2.45) is 0 Å². The summed E-state index contributed by atoms with van der Waals surface area (Å²) in [6.07, 6.45) is 1.68. The van der Waals surface area contributed by atoms with Gasteiger partial charge in [0.1, 0.15) is 29.8 Å². The SMILES string of the molecule is O=C(O)COc1cccc(Nc2cc(Nc3cccc(CCNC(=O)C4CNCCO4)c3)ncn2)c1. The zero-order chi connectivity index (χ0) is 25.2. The van der Waals surface area contributed by atoms with E-state index >= 15 is 0 Å². The quantitative estimate of drug-likeness (QED) is 0.269. The van der Waals surface area contributed by atoms with Crippen LogP contribution in [0.3, 0.4) is 0 Å². The Kier molecular flexibility index (Phi) is 8.62. The number of aliphatic carboxylic acids is 1. The van der Waals surface area contributed by atoms with Crippen molar-refractivity contribution in [1.29, 1.82) is 0 Å². The molecule has 5 N–H and O–H groups in total. The number of rotatable bonds is 11. The van der Waals surface area contributed by atoms with Gasteiger partial charge in [-0.3, -0.25) is 4.79 Å². The highest BCUT2D eigenvalue weighted by Crippen LogP contribution is 2.23. The van der Waals surface area contributed by atoms with Crippen molar-refractivity contribution in [3.63, 3.8) is 0 Å². The second-order valence-corrected chi connectivity index (χ2v) is 8.05. The Hall–Kier alpha value is -4.22. The van der Waals surface area contributed by atoms with Crippen LogP contribution in [0.2, 0.25) is 0 Å². The average Bonchev–Trinajstić information content (AvgIpc) is 2.89. The van der Waals surface area contributed by atoms with E-state index in [-0.39, 0.29) is 5.91 Å². The van der Waals surface area contributed by atoms with Gasteiger partial charge in [0.25, 0.3) is 0 Å². The highest BCUT2D eigenvalue weighted by Gasteiger charge is 2.20. The molecule has 36 heavy (non-hydrogen) atoms. The highest BCUT2D eigenvalue weighted by atomic mass is 16.5. The first-order valence-corrected chi connectivity index (χ1v) is 11.5. The first-order valence-electron chi connectivity index (χ1n) is 11.5. The number of nitrogens with one attached hydrogen (secondary N) is 4. The molecule has 2 heterocycles. The zero-order valence-corrected chi connectivity index (χ0v) is 19.6. The van der Waals surface area contributed by atoms with Gasteiger partial charge in [-0.2, -0.15) is 0 Å². The number of carbonyl (C=O) groups excluding carboxylic acids is 1. The van der Waals surface area contributed by atoms with E-state index < -0.39 is 18.7 Å². The molecule has 1 fully saturated rings. The van der Waals surface area contributed by atoms with E-state index in [1.165, 1.54) is 6.33 Å². The second kappa shape index (κ2) is 12.5. The van der Waals surface area contributed by atoms with E-state index in [0.717, 1.165) is 17.8 Å². The number of benzene rings is 2. The molecule has 1 amide bonds. The Morgan fingerprint density at radius 3 is 2.53 bits per heavy atom. The lowest BCUT2D eigenvalue weighted by Gasteiger charge is -2.22. The van der Waals surface area contributed by atoms with E-state index in [0.29, 0.717) is 49.2 Å². The van der Waals surface area contributed by atoms with Crippen LogP contribution in [-0.2, 0) is 20.7 Å². The van der Waals surface area contributed by atoms with Crippen molar-refractivity contribution in [3.05, 3.63) is 66.5 Å². The lowest BCUT2D eigenvalue weighted by molar-refractivity contribution is -0.139. The molecule has 0 saturated carbocycles. The van der Waals surface area contributed by atoms with Gasteiger partial charge in [0.15, 0.2) is 6.61 Å². The molecule has 1 unspecified atom stereocenters. The van der Waals surface area contributed by atoms with Crippen LogP contribution in [0.1, 0.15) is 5.56 Å². The number of amides is 1. The maximum Gasteiger partial charge on any atom is 0.341 e. The number of anilines is 4. The number of ether oxygens (including phenoxy) is 2. The van der Waals surface area contributed by atoms with E-state index in [2.05, 4.69) is 31.2 Å². The maximum absolute atomic E-state index is 12.2. The first kappa shape index (κ1) is 24.9. The number of morpholine rings is 1. The molecule has 11 nitrogen and oxygen atoms in total. The number of aromatic nitrogens is 2. The second-order valence-electron chi connectivity index (χ2n) is 8.05. The number of hydrogen-bond acceptors (Lipinski definition) is 9. The number of carbonyl (C=O) groups is 2. The van der Waals surface area contributed by atoms with Gasteiger partial charge in [0.2, 0.25) is 5.91 Å². The van der Waals surface area contributed by atoms with E-state index in [1.54, 1.807) is 24.3 Å². The lowest BCUT2D eigenvalue weighted by atomic mass is 10.1. The minimum Gasteiger partial charge on any atom is -0.482 e. The molecular formula is C25H28N6O5. The van der Waals surface area contributed by atoms with Gasteiger partial charge in [-0.1, -0.05) is 18.2 Å². The lowest BCUT2D eigenvalue weighted by Crippen LogP contribution is -2.48. The van der Waals surface area contributed by atoms with E-state index in [1.807, 2.05) is 30.3 Å². The number of hydrogen-bond donors (Lipinski definition) is 5. The van der Waals surface area contributed by atoms with Crippen LogP contribution in [0.25, 0.3) is 0 Å². The fourth-order valence-corrected chi connectivity index (χ4v) is 3.58. The zero-order valence-electron chi connectivity index (χ0n) is 19.6. The number of carboxylic acid groups (broad SMARTS) is 1. The molecule has 1 atom stereocenters. The van der Waals surface area contributed by atoms with Gasteiger partial charge in [0.05, 0.1) is 6.61 Å². The van der Waals surface area contributed by atoms with Crippen molar-refractivity contribution in [1.82, 2.24) is 20.6 Å². The van der Waals surface area contributed by atoms with Crippen molar-refractivity contribution >= 4 is 34.9 Å². The van der Waals surface area contributed by atoms with Gasteiger partial charge in [0, 0.05) is 43.1 Å². The summed E-state index contributed by atoms with van der Waals surface area (Å²) in [5.41, 5.74) is 2.61. The van der Waals surface area contributed by atoms with Crippen LogP contribution < -0.4 is 26.0 Å². The van der Waals surface area contributed by atoms with Gasteiger partial charge in [-0.15, -0.1) is 0 Å². The van der Waals surface area contributed by atoms with Crippen LogP contribution in [0.5, 0.6) is 5.75 Å². The number of nitrogens with zero attached hydrogens (tertiary/aromatic N) is 2. The maximum atomic E-state index is 12.2. The van der Waals surface area contributed by atoms with Crippen molar-refractivity contribution in [3.8, 4) is 5.75 Å². The Balaban J connectivity index is 1.31. The molecule has 188 valence electrons. The third kappa shape index (κ3) is 7.65. The normalized spacial score (nSPS) is 15.1. The van der Waals surface area contributed by atoms with E-state index in [9.17, 15) is 9.59 Å². The Labute approximate surface area is 208 Å². The molecule has 0 spiro atoms. The summed E-state index contributed by atoms with van der Waals surface area (Å²) in [4.78, 5) is 31.4. The average molecular weight is 493 g/mol. The van der Waals surface area contributed by atoms with Crippen LogP contribution in [0.4, 0.5) is 23.0 Å². The molecule has 1 aromatic heterocycles. The Morgan fingerprint density at radius 2 is 1.81 bits per heavy atom. The fourth-order valence-electron chi connectivity index (χ4n) is 3.58. The number of carboxylic acids is 1. The summed E-state index contributed by atoms with van der Waals surface area (Å²) >= 11 is 0. The van der Waals surface area contributed by atoms with Crippen molar-refractivity contribution in [2.75, 3.05) is 43.5 Å². The summed E-state index contributed by atoms with van der Waals surface area (Å²) in [7, 11) is 0. The molecule has 4 rings (SSSR count). The third-order valence-electron chi connectivity index (χ3n) is 5.27. The fraction of sp³-hybridized carbons (Fsp3) is 0.280. The Bertz CT molecular complexity index is 1180. The molecule has 11 heteroatoms. The Morgan fingerprint density at radius 1 is 1.06 bits per heavy atom. The van der Waals surface area contributed by atoms with Crippen molar-refractivity contribution < 1.29 is 24.2 Å². The van der Waals surface area contributed by atoms with Crippen LogP contribution in [0.15, 0.2) is 60.9 Å². The predicted molar refractivity (Wildman–Crippen MR) is 134 cm³/mol. The summed E-state index contributed by atoms with van der Waals surface area (Å²) < 4.78 is 10.7. The third-order valence-corrected chi connectivity index (χ3v) is 5.27. The smallest absolute Gasteiger partial charge is 0.341 e. The van der Waals surface area contributed by atoms with Crippen LogP contribution in [0, 0.1) is 0 Å². The molecule has 0 aliphatic carbocycles. The summed E-state index contributed by atoms with van der Waals surface area (Å²) in [6, 6.07) is 16.6. The molecule has 3 aromatic rings. The van der Waals surface area contributed by atoms with Gasteiger partial charge in [-0.05, 0) is 36.2 Å². The molecule has 2 aromatic carbocycles. The van der Waals surface area contributed by atoms with Crippen LogP contribution >= 0.6 is 0 Å². The topological polar surface area (TPSA) is 147 Å². The van der Waals surface area contributed by atoms with Crippen LogP contribution in [-0.4, -0.2) is 65.9 Å². The molecular weight excluding hydrogens is 464 g/mol. The minimum absolute atomic E-state index is 0.100. The summed E-state index contributed by atoms with van der Waals surface area (Å²) in [5, 5.41) is 21.3. The van der Waals surface area contributed by atoms with Gasteiger partial charge < -0.3 is 35.8 Å². The van der Waals surface area contributed by atoms with Crippen molar-refractivity contribution in [2.45, 2.75) is 12.5 Å². The largest absolute Gasteiger partial charge is 0.482 e. The first-order chi connectivity index (χ1) is 17.5. The molecule has 1 aliphatic heterocycles. The monoisotopic (exact) mass is 492 g/mol. The van der Waals surface area contributed by atoms with Gasteiger partial charge >= 0.3 is 5.97 Å². The predicted octanol–water partition coefficient (Wildman–Crippen LogP) is 2.07. The summed E-state index contributed by atoms with van der Waals surface area (Å²) in [5.74, 6) is 0.446. The highest BCUT2D eigenvalue weighted by molar-refractivity contribution is 5.81. The summed E-state index contributed by atoms with van der Waals surface area (Å²) in [6.45, 7) is 1.94. The molecule has 0 radical (unpaired) electrons. The molecule has 0 bridgehead atoms. The molecule has 1 aliphatic rings. The molecule has 1 saturated heterocycles. The van der Waals surface area contributed by atoms with Gasteiger partial charge in [-0.25, -0.2) is 14.8 Å².